The van der Waals surface area contributed by atoms with Crippen molar-refractivity contribution in [2.24, 2.45) is 0 Å². The molecular weight excluding hydrogens is 242 g/mol. The number of rotatable bonds is 4. The maximum atomic E-state index is 9.18. The Bertz CT molecular complexity index is 459. The van der Waals surface area contributed by atoms with E-state index in [1.165, 1.54) is 0 Å². The van der Waals surface area contributed by atoms with Crippen LogP contribution in [0.1, 0.15) is 30.9 Å². The molecule has 0 radical (unpaired) electrons. The van der Waals surface area contributed by atoms with E-state index in [1.807, 2.05) is 18.2 Å². The third-order valence-corrected chi connectivity index (χ3v) is 3.10. The molecule has 1 unspecified atom stereocenters. The number of hydrogen-bond donors (Lipinski definition) is 0. The van der Waals surface area contributed by atoms with Gasteiger partial charge in [0.15, 0.2) is 0 Å². The van der Waals surface area contributed by atoms with Crippen molar-refractivity contribution in [3.8, 4) is 11.8 Å². The van der Waals surface area contributed by atoms with Crippen LogP contribution in [-0.2, 0) is 9.47 Å². The van der Waals surface area contributed by atoms with Crippen molar-refractivity contribution in [2.75, 3.05) is 26.4 Å². The zero-order valence-corrected chi connectivity index (χ0v) is 11.4. The predicted octanol–water partition coefficient (Wildman–Crippen LogP) is 2.48. The summed E-state index contributed by atoms with van der Waals surface area (Å²) in [6, 6.07) is 7.93. The zero-order chi connectivity index (χ0) is 13.7. The molecule has 0 N–H and O–H groups in total. The number of nitriles is 1. The Kier molecular flexibility index (Phi) is 4.78. The highest BCUT2D eigenvalue weighted by Crippen LogP contribution is 2.24. The Morgan fingerprint density at radius 1 is 1.42 bits per heavy atom. The van der Waals surface area contributed by atoms with Crippen LogP contribution in [-0.4, -0.2) is 32.5 Å². The van der Waals surface area contributed by atoms with Gasteiger partial charge < -0.3 is 14.2 Å². The van der Waals surface area contributed by atoms with Crippen LogP contribution < -0.4 is 4.74 Å². The second kappa shape index (κ2) is 6.55. The van der Waals surface area contributed by atoms with E-state index in [9.17, 15) is 5.26 Å². The van der Waals surface area contributed by atoms with Crippen molar-refractivity contribution in [1.82, 2.24) is 0 Å². The van der Waals surface area contributed by atoms with Gasteiger partial charge >= 0.3 is 0 Å². The normalized spacial score (nSPS) is 19.2. The van der Waals surface area contributed by atoms with E-state index in [0.29, 0.717) is 43.7 Å². The molecule has 102 valence electrons. The molecule has 1 heterocycles. The van der Waals surface area contributed by atoms with Gasteiger partial charge in [-0.1, -0.05) is 19.9 Å². The molecule has 2 rings (SSSR count). The van der Waals surface area contributed by atoms with Gasteiger partial charge in [0.1, 0.15) is 24.5 Å². The Labute approximate surface area is 113 Å². The van der Waals surface area contributed by atoms with Crippen molar-refractivity contribution in [3.05, 3.63) is 29.3 Å². The van der Waals surface area contributed by atoms with Gasteiger partial charge in [0, 0.05) is 0 Å². The molecule has 0 spiro atoms. The quantitative estimate of drug-likeness (QED) is 0.835. The molecule has 1 aromatic rings. The molecule has 0 aromatic heterocycles. The van der Waals surface area contributed by atoms with Crippen LogP contribution in [0.4, 0.5) is 0 Å². The minimum atomic E-state index is -0.0509. The van der Waals surface area contributed by atoms with E-state index in [0.717, 1.165) is 5.56 Å². The van der Waals surface area contributed by atoms with Gasteiger partial charge in [0.25, 0.3) is 0 Å². The van der Waals surface area contributed by atoms with Crippen molar-refractivity contribution >= 4 is 0 Å². The molecule has 1 aromatic carbocycles. The summed E-state index contributed by atoms with van der Waals surface area (Å²) in [6.07, 6.45) is -0.0509. The molecule has 1 atom stereocenters. The highest BCUT2D eigenvalue weighted by Gasteiger charge is 2.16. The molecule has 19 heavy (non-hydrogen) atoms. The van der Waals surface area contributed by atoms with Crippen LogP contribution in [0, 0.1) is 11.3 Å². The third-order valence-electron chi connectivity index (χ3n) is 3.10. The number of hydrogen-bond acceptors (Lipinski definition) is 4. The fourth-order valence-corrected chi connectivity index (χ4v) is 1.94. The summed E-state index contributed by atoms with van der Waals surface area (Å²) in [5.74, 6) is 1.01. The molecule has 0 saturated carbocycles. The maximum Gasteiger partial charge on any atom is 0.137 e. The molecule has 4 nitrogen and oxygen atoms in total. The predicted molar refractivity (Wildman–Crippen MR) is 71.3 cm³/mol. The van der Waals surface area contributed by atoms with E-state index >= 15 is 0 Å². The third kappa shape index (κ3) is 3.69. The van der Waals surface area contributed by atoms with E-state index in [1.54, 1.807) is 0 Å². The van der Waals surface area contributed by atoms with E-state index in [2.05, 4.69) is 19.9 Å². The maximum absolute atomic E-state index is 9.18. The van der Waals surface area contributed by atoms with Crippen LogP contribution in [0.2, 0.25) is 0 Å². The number of ether oxygens (including phenoxy) is 3. The van der Waals surface area contributed by atoms with Crippen molar-refractivity contribution in [3.63, 3.8) is 0 Å². The number of nitrogens with zero attached hydrogens (tertiary/aromatic N) is 1. The van der Waals surface area contributed by atoms with Gasteiger partial charge in [-0.3, -0.25) is 0 Å². The van der Waals surface area contributed by atoms with Crippen molar-refractivity contribution in [1.29, 1.82) is 5.26 Å². The lowest BCUT2D eigenvalue weighted by Gasteiger charge is -2.23. The van der Waals surface area contributed by atoms with E-state index in [4.69, 9.17) is 14.2 Å². The van der Waals surface area contributed by atoms with Crippen LogP contribution in [0.25, 0.3) is 0 Å². The lowest BCUT2D eigenvalue weighted by atomic mass is 10.0. The number of benzene rings is 1. The molecule has 1 saturated heterocycles. The summed E-state index contributed by atoms with van der Waals surface area (Å²) in [7, 11) is 0. The molecule has 0 amide bonds. The first-order valence-corrected chi connectivity index (χ1v) is 6.57. The molecule has 0 bridgehead atoms. The van der Waals surface area contributed by atoms with Crippen molar-refractivity contribution < 1.29 is 14.2 Å². The largest absolute Gasteiger partial charge is 0.489 e. The molecule has 1 aliphatic rings. The van der Waals surface area contributed by atoms with Gasteiger partial charge in [-0.15, -0.1) is 0 Å². The van der Waals surface area contributed by atoms with E-state index < -0.39 is 0 Å². The van der Waals surface area contributed by atoms with Crippen LogP contribution in [0.15, 0.2) is 18.2 Å². The first-order chi connectivity index (χ1) is 9.20. The van der Waals surface area contributed by atoms with Crippen LogP contribution in [0.3, 0.4) is 0 Å². The standard InChI is InChI=1S/C15H19NO3/c1-11(2)12-3-4-15(13(7-12)8-16)19-10-14-9-17-5-6-18-14/h3-4,7,11,14H,5-6,9-10H2,1-2H3. The summed E-state index contributed by atoms with van der Waals surface area (Å²) in [6.45, 7) is 6.41. The molecular formula is C15H19NO3. The van der Waals surface area contributed by atoms with Crippen LogP contribution >= 0.6 is 0 Å². The zero-order valence-electron chi connectivity index (χ0n) is 11.4. The summed E-state index contributed by atoms with van der Waals surface area (Å²) in [5.41, 5.74) is 1.71. The SMILES string of the molecule is CC(C)c1ccc(OCC2COCCO2)c(C#N)c1. The molecule has 1 fully saturated rings. The molecule has 4 heteroatoms. The van der Waals surface area contributed by atoms with Gasteiger partial charge in [0.2, 0.25) is 0 Å². The molecule has 1 aliphatic heterocycles. The first-order valence-electron chi connectivity index (χ1n) is 6.57. The Hall–Kier alpha value is -1.57. The fraction of sp³-hybridized carbons (Fsp3) is 0.533. The van der Waals surface area contributed by atoms with Gasteiger partial charge in [0.05, 0.1) is 25.4 Å². The fourth-order valence-electron chi connectivity index (χ4n) is 1.94. The minimum absolute atomic E-state index is 0.0509. The first kappa shape index (κ1) is 13.9. The summed E-state index contributed by atoms with van der Waals surface area (Å²) in [4.78, 5) is 0. The highest BCUT2D eigenvalue weighted by atomic mass is 16.6. The van der Waals surface area contributed by atoms with Gasteiger partial charge in [-0.05, 0) is 23.6 Å². The summed E-state index contributed by atoms with van der Waals surface area (Å²) in [5, 5.41) is 9.18. The lowest BCUT2D eigenvalue weighted by molar-refractivity contribution is -0.101. The van der Waals surface area contributed by atoms with Crippen molar-refractivity contribution in [2.45, 2.75) is 25.9 Å². The summed E-state index contributed by atoms with van der Waals surface area (Å²) < 4.78 is 16.5. The second-order valence-corrected chi connectivity index (χ2v) is 4.90. The highest BCUT2D eigenvalue weighted by molar-refractivity contribution is 5.46. The minimum Gasteiger partial charge on any atom is -0.489 e. The molecule has 0 aliphatic carbocycles. The Balaban J connectivity index is 2.01. The van der Waals surface area contributed by atoms with Gasteiger partial charge in [-0.2, -0.15) is 5.26 Å². The Morgan fingerprint density at radius 2 is 2.26 bits per heavy atom. The lowest BCUT2D eigenvalue weighted by Crippen LogP contribution is -2.33. The smallest absolute Gasteiger partial charge is 0.137 e. The topological polar surface area (TPSA) is 51.5 Å². The van der Waals surface area contributed by atoms with Gasteiger partial charge in [-0.25, -0.2) is 0 Å². The second-order valence-electron chi connectivity index (χ2n) is 4.90. The monoisotopic (exact) mass is 261 g/mol. The Morgan fingerprint density at radius 3 is 2.89 bits per heavy atom. The average Bonchev–Trinajstić information content (AvgIpc) is 2.45. The average molecular weight is 261 g/mol. The van der Waals surface area contributed by atoms with Crippen LogP contribution in [0.5, 0.6) is 5.75 Å². The van der Waals surface area contributed by atoms with E-state index in [-0.39, 0.29) is 6.10 Å². The summed E-state index contributed by atoms with van der Waals surface area (Å²) >= 11 is 0.